The minimum absolute atomic E-state index is 0.210. The van der Waals surface area contributed by atoms with E-state index >= 15 is 0 Å². The number of anilines is 1. The molecule has 0 bridgehead atoms. The Morgan fingerprint density at radius 3 is 2.82 bits per heavy atom. The number of aromatic nitrogens is 2. The molecule has 3 heterocycles. The molecule has 2 aromatic rings. The van der Waals surface area contributed by atoms with Crippen LogP contribution < -0.4 is 10.2 Å². The smallest absolute Gasteiger partial charge is 0.280 e. The molecule has 1 atom stereocenters. The van der Waals surface area contributed by atoms with Crippen LogP contribution >= 0.6 is 15.9 Å². The van der Waals surface area contributed by atoms with E-state index in [1.807, 2.05) is 6.07 Å². The van der Waals surface area contributed by atoms with Gasteiger partial charge in [0.25, 0.3) is 5.91 Å². The lowest BCUT2D eigenvalue weighted by Crippen LogP contribution is -2.53. The molecule has 1 N–H and O–H groups in total. The van der Waals surface area contributed by atoms with Gasteiger partial charge in [-0.05, 0) is 28.4 Å². The van der Waals surface area contributed by atoms with Gasteiger partial charge in [0, 0.05) is 17.2 Å². The van der Waals surface area contributed by atoms with Crippen LogP contribution in [0.4, 0.5) is 5.69 Å². The van der Waals surface area contributed by atoms with E-state index in [1.165, 1.54) is 4.90 Å². The maximum atomic E-state index is 12.7. The third kappa shape index (κ3) is 1.70. The lowest BCUT2D eigenvalue weighted by molar-refractivity contribution is -0.134. The average Bonchev–Trinajstić information content (AvgIpc) is 2.77. The van der Waals surface area contributed by atoms with Crippen molar-refractivity contribution in [2.75, 3.05) is 4.90 Å². The summed E-state index contributed by atoms with van der Waals surface area (Å²) in [5, 5.41) is 11.6. The first-order valence-electron chi connectivity index (χ1n) is 6.70. The van der Waals surface area contributed by atoms with Crippen LogP contribution in [0.2, 0.25) is 0 Å². The normalized spacial score (nSPS) is 20.7. The van der Waals surface area contributed by atoms with Gasteiger partial charge in [0.15, 0.2) is 5.69 Å². The van der Waals surface area contributed by atoms with E-state index in [9.17, 15) is 14.4 Å². The summed E-state index contributed by atoms with van der Waals surface area (Å²) in [6, 6.07) is 4.70. The average molecular weight is 361 g/mol. The molecule has 110 valence electrons. The molecule has 0 aliphatic carbocycles. The standard InChI is InChI=1S/C14H9BrN4O3/c15-12-6-2-1-3-7-10(6)11(17-18-12)14(22)19(7)8-4-5-9(20)16-13(8)21/h1-3,8H,4-5H2,(H,16,20,21). The molecule has 3 amide bonds. The number of nitrogens with one attached hydrogen (secondary N) is 1. The predicted molar refractivity (Wildman–Crippen MR) is 80.2 cm³/mol. The predicted octanol–water partition coefficient (Wildman–Crippen LogP) is 1.16. The minimum Gasteiger partial charge on any atom is -0.295 e. The van der Waals surface area contributed by atoms with Gasteiger partial charge in [-0.25, -0.2) is 0 Å². The van der Waals surface area contributed by atoms with Gasteiger partial charge < -0.3 is 0 Å². The summed E-state index contributed by atoms with van der Waals surface area (Å²) in [7, 11) is 0. The highest BCUT2D eigenvalue weighted by Gasteiger charge is 2.41. The van der Waals surface area contributed by atoms with Gasteiger partial charge in [-0.3, -0.25) is 24.6 Å². The fourth-order valence-corrected chi connectivity index (χ4v) is 3.38. The fraction of sp³-hybridized carbons (Fsp3) is 0.214. The maximum Gasteiger partial charge on any atom is 0.280 e. The molecule has 1 fully saturated rings. The molecule has 2 aliphatic rings. The lowest BCUT2D eigenvalue weighted by Gasteiger charge is -2.29. The van der Waals surface area contributed by atoms with Gasteiger partial charge in [-0.15, -0.1) is 10.2 Å². The van der Waals surface area contributed by atoms with Crippen LogP contribution in [0.5, 0.6) is 0 Å². The number of nitrogens with zero attached hydrogens (tertiary/aromatic N) is 3. The van der Waals surface area contributed by atoms with Crippen molar-refractivity contribution >= 4 is 50.1 Å². The Morgan fingerprint density at radius 1 is 1.23 bits per heavy atom. The molecule has 1 saturated heterocycles. The largest absolute Gasteiger partial charge is 0.295 e. The zero-order chi connectivity index (χ0) is 15.4. The van der Waals surface area contributed by atoms with Gasteiger partial charge in [-0.1, -0.05) is 12.1 Å². The molecule has 8 heteroatoms. The topological polar surface area (TPSA) is 92.3 Å². The highest BCUT2D eigenvalue weighted by Crippen LogP contribution is 2.40. The van der Waals surface area contributed by atoms with Crippen LogP contribution in [0.1, 0.15) is 23.3 Å². The number of rotatable bonds is 1. The zero-order valence-corrected chi connectivity index (χ0v) is 12.8. The SMILES string of the molecule is O=C1CCC(N2C(=O)c3nnc(Br)c4cccc2c34)C(=O)N1. The summed E-state index contributed by atoms with van der Waals surface area (Å²) in [6.45, 7) is 0. The molecule has 1 unspecified atom stereocenters. The fourth-order valence-electron chi connectivity index (χ4n) is 2.97. The van der Waals surface area contributed by atoms with Crippen LogP contribution in [-0.2, 0) is 9.59 Å². The molecule has 1 aromatic heterocycles. The van der Waals surface area contributed by atoms with E-state index in [0.717, 1.165) is 5.39 Å². The molecule has 0 radical (unpaired) electrons. The van der Waals surface area contributed by atoms with Crippen molar-refractivity contribution in [3.05, 3.63) is 28.5 Å². The highest BCUT2D eigenvalue weighted by atomic mass is 79.9. The van der Waals surface area contributed by atoms with Crippen molar-refractivity contribution in [3.63, 3.8) is 0 Å². The molecule has 4 rings (SSSR count). The van der Waals surface area contributed by atoms with Crippen LogP contribution in [-0.4, -0.2) is 34.0 Å². The number of hydrogen-bond donors (Lipinski definition) is 1. The first-order chi connectivity index (χ1) is 10.6. The van der Waals surface area contributed by atoms with Crippen molar-refractivity contribution in [1.82, 2.24) is 15.5 Å². The number of carbonyl (C=O) groups excluding carboxylic acids is 3. The Morgan fingerprint density at radius 2 is 2.05 bits per heavy atom. The van der Waals surface area contributed by atoms with Gasteiger partial charge in [0.2, 0.25) is 11.8 Å². The second-order valence-corrected chi connectivity index (χ2v) is 5.93. The van der Waals surface area contributed by atoms with E-state index in [4.69, 9.17) is 0 Å². The summed E-state index contributed by atoms with van der Waals surface area (Å²) in [6.07, 6.45) is 0.511. The van der Waals surface area contributed by atoms with Crippen LogP contribution in [0, 0.1) is 0 Å². The molecular formula is C14H9BrN4O3. The molecule has 2 aliphatic heterocycles. The first kappa shape index (κ1) is 13.3. The quantitative estimate of drug-likeness (QED) is 0.770. The van der Waals surface area contributed by atoms with Gasteiger partial charge in [0.1, 0.15) is 10.6 Å². The number of halogens is 1. The maximum absolute atomic E-state index is 12.7. The van der Waals surface area contributed by atoms with Gasteiger partial charge in [0.05, 0.1) is 5.69 Å². The van der Waals surface area contributed by atoms with Crippen molar-refractivity contribution in [3.8, 4) is 0 Å². The van der Waals surface area contributed by atoms with Crippen molar-refractivity contribution in [1.29, 1.82) is 0 Å². The number of imide groups is 1. The Labute approximate surface area is 132 Å². The van der Waals surface area contributed by atoms with Crippen molar-refractivity contribution in [2.24, 2.45) is 0 Å². The summed E-state index contributed by atoms with van der Waals surface area (Å²) in [5.74, 6) is -1.13. The third-order valence-corrected chi connectivity index (χ3v) is 4.53. The molecule has 1 aromatic carbocycles. The Balaban J connectivity index is 1.89. The third-order valence-electron chi connectivity index (χ3n) is 3.94. The first-order valence-corrected chi connectivity index (χ1v) is 7.49. The number of amides is 3. The molecule has 0 saturated carbocycles. The van der Waals surface area contributed by atoms with E-state index < -0.39 is 11.9 Å². The number of piperidine rings is 1. The lowest BCUT2D eigenvalue weighted by atomic mass is 10.0. The Hall–Kier alpha value is -2.35. The number of carbonyl (C=O) groups is 3. The van der Waals surface area contributed by atoms with Crippen LogP contribution in [0.25, 0.3) is 10.8 Å². The van der Waals surface area contributed by atoms with E-state index in [1.54, 1.807) is 12.1 Å². The minimum atomic E-state index is -0.705. The van der Waals surface area contributed by atoms with E-state index in [2.05, 4.69) is 31.4 Å². The molecule has 22 heavy (non-hydrogen) atoms. The zero-order valence-electron chi connectivity index (χ0n) is 11.2. The number of benzene rings is 1. The van der Waals surface area contributed by atoms with Gasteiger partial charge >= 0.3 is 0 Å². The highest BCUT2D eigenvalue weighted by molar-refractivity contribution is 9.10. The van der Waals surface area contributed by atoms with E-state index in [-0.39, 0.29) is 23.9 Å². The molecule has 0 spiro atoms. The van der Waals surface area contributed by atoms with Gasteiger partial charge in [-0.2, -0.15) is 0 Å². The van der Waals surface area contributed by atoms with E-state index in [0.29, 0.717) is 22.1 Å². The molecular weight excluding hydrogens is 352 g/mol. The van der Waals surface area contributed by atoms with Crippen molar-refractivity contribution < 1.29 is 14.4 Å². The number of hydrogen-bond acceptors (Lipinski definition) is 5. The Bertz CT molecular complexity index is 867. The summed E-state index contributed by atoms with van der Waals surface area (Å²) < 4.78 is 0.547. The van der Waals surface area contributed by atoms with Crippen LogP contribution in [0.3, 0.4) is 0 Å². The summed E-state index contributed by atoms with van der Waals surface area (Å²) in [5.41, 5.74) is 0.862. The summed E-state index contributed by atoms with van der Waals surface area (Å²) >= 11 is 3.32. The van der Waals surface area contributed by atoms with Crippen molar-refractivity contribution in [2.45, 2.75) is 18.9 Å². The Kier molecular flexibility index (Phi) is 2.77. The second-order valence-electron chi connectivity index (χ2n) is 5.18. The molecule has 7 nitrogen and oxygen atoms in total. The monoisotopic (exact) mass is 360 g/mol. The second kappa shape index (κ2) is 4.57. The summed E-state index contributed by atoms with van der Waals surface area (Å²) in [4.78, 5) is 37.5. The van der Waals surface area contributed by atoms with Crippen LogP contribution in [0.15, 0.2) is 22.8 Å².